The van der Waals surface area contributed by atoms with Crippen LogP contribution in [0.1, 0.15) is 16.8 Å². The maximum Gasteiger partial charge on any atom is 0.255 e. The molecule has 1 aromatic carbocycles. The van der Waals surface area contributed by atoms with Gasteiger partial charge >= 0.3 is 0 Å². The summed E-state index contributed by atoms with van der Waals surface area (Å²) in [6.45, 7) is 1.90. The van der Waals surface area contributed by atoms with Gasteiger partial charge in [0.25, 0.3) is 5.91 Å². The van der Waals surface area contributed by atoms with E-state index in [0.717, 1.165) is 19.5 Å². The zero-order valence-electron chi connectivity index (χ0n) is 10.8. The van der Waals surface area contributed by atoms with Crippen molar-refractivity contribution in [2.45, 2.75) is 12.5 Å². The number of amides is 1. The number of hydrogen-bond donors (Lipinski definition) is 2. The van der Waals surface area contributed by atoms with Crippen molar-refractivity contribution in [3.63, 3.8) is 0 Å². The van der Waals surface area contributed by atoms with Gasteiger partial charge in [0, 0.05) is 12.6 Å². The molecule has 1 heterocycles. The Hall–Kier alpha value is -1.75. The summed E-state index contributed by atoms with van der Waals surface area (Å²) in [7, 11) is 3.57. The number of methoxy groups -OCH3 is 1. The number of benzene rings is 1. The van der Waals surface area contributed by atoms with E-state index in [1.807, 2.05) is 7.05 Å². The Bertz CT molecular complexity index is 448. The molecule has 1 aromatic rings. The number of nitrogens with one attached hydrogen (secondary N) is 1. The summed E-state index contributed by atoms with van der Waals surface area (Å²) in [5, 5.41) is 3.01. The first-order valence-corrected chi connectivity index (χ1v) is 6.03. The molecule has 3 N–H and O–H groups in total. The molecule has 0 spiro atoms. The van der Waals surface area contributed by atoms with Crippen LogP contribution in [0.2, 0.25) is 0 Å². The van der Waals surface area contributed by atoms with Crippen molar-refractivity contribution < 1.29 is 9.53 Å². The van der Waals surface area contributed by atoms with Gasteiger partial charge in [0.15, 0.2) is 5.75 Å². The molecular weight excluding hydrogens is 230 g/mol. The minimum Gasteiger partial charge on any atom is -0.494 e. The van der Waals surface area contributed by atoms with Crippen molar-refractivity contribution in [2.24, 2.45) is 0 Å². The fourth-order valence-corrected chi connectivity index (χ4v) is 2.28. The van der Waals surface area contributed by atoms with Gasteiger partial charge in [-0.2, -0.15) is 0 Å². The van der Waals surface area contributed by atoms with Gasteiger partial charge in [0.2, 0.25) is 0 Å². The fourth-order valence-electron chi connectivity index (χ4n) is 2.28. The smallest absolute Gasteiger partial charge is 0.255 e. The van der Waals surface area contributed by atoms with E-state index < -0.39 is 0 Å². The summed E-state index contributed by atoms with van der Waals surface area (Å²) >= 11 is 0. The Morgan fingerprint density at radius 2 is 2.33 bits per heavy atom. The predicted octanol–water partition coefficient (Wildman–Crippen LogP) is 0.711. The molecular formula is C13H19N3O2. The van der Waals surface area contributed by atoms with Crippen LogP contribution in [0.4, 0.5) is 5.69 Å². The second-order valence-corrected chi connectivity index (χ2v) is 4.65. The SMILES string of the molecule is COc1c(N)cccc1C(=O)NC1CCN(C)C1. The van der Waals surface area contributed by atoms with E-state index in [1.165, 1.54) is 7.11 Å². The molecule has 0 saturated carbocycles. The Morgan fingerprint density at radius 1 is 1.56 bits per heavy atom. The topological polar surface area (TPSA) is 67.6 Å². The average molecular weight is 249 g/mol. The molecule has 5 heteroatoms. The van der Waals surface area contributed by atoms with E-state index >= 15 is 0 Å². The Kier molecular flexibility index (Phi) is 3.72. The number of carbonyl (C=O) groups is 1. The van der Waals surface area contributed by atoms with E-state index in [1.54, 1.807) is 18.2 Å². The quantitative estimate of drug-likeness (QED) is 0.774. The van der Waals surface area contributed by atoms with Crippen LogP contribution in [0.3, 0.4) is 0 Å². The molecule has 1 fully saturated rings. The lowest BCUT2D eigenvalue weighted by molar-refractivity contribution is 0.0935. The Balaban J connectivity index is 2.11. The van der Waals surface area contributed by atoms with Crippen molar-refractivity contribution >= 4 is 11.6 Å². The Morgan fingerprint density at radius 3 is 2.94 bits per heavy atom. The summed E-state index contributed by atoms with van der Waals surface area (Å²) in [5.41, 5.74) is 6.76. The first kappa shape index (κ1) is 12.7. The van der Waals surface area contributed by atoms with Crippen molar-refractivity contribution in [3.8, 4) is 5.75 Å². The third kappa shape index (κ3) is 2.56. The highest BCUT2D eigenvalue weighted by Gasteiger charge is 2.23. The van der Waals surface area contributed by atoms with E-state index in [4.69, 9.17) is 10.5 Å². The summed E-state index contributed by atoms with van der Waals surface area (Å²) in [4.78, 5) is 14.4. The summed E-state index contributed by atoms with van der Waals surface area (Å²) in [6.07, 6.45) is 0.979. The van der Waals surface area contributed by atoms with Crippen LogP contribution < -0.4 is 15.8 Å². The van der Waals surface area contributed by atoms with Crippen LogP contribution in [0, 0.1) is 0 Å². The number of likely N-dealkylation sites (N-methyl/N-ethyl adjacent to an activating group) is 1. The number of nitrogen functional groups attached to an aromatic ring is 1. The Labute approximate surface area is 107 Å². The third-order valence-corrected chi connectivity index (χ3v) is 3.22. The van der Waals surface area contributed by atoms with E-state index in [-0.39, 0.29) is 11.9 Å². The highest BCUT2D eigenvalue weighted by molar-refractivity contribution is 5.98. The van der Waals surface area contributed by atoms with Gasteiger partial charge in [-0.3, -0.25) is 4.79 Å². The zero-order valence-corrected chi connectivity index (χ0v) is 10.8. The van der Waals surface area contributed by atoms with Crippen molar-refractivity contribution in [3.05, 3.63) is 23.8 Å². The zero-order chi connectivity index (χ0) is 13.1. The van der Waals surface area contributed by atoms with E-state index in [2.05, 4.69) is 10.2 Å². The number of para-hydroxylation sites is 1. The molecule has 0 bridgehead atoms. The molecule has 1 aliphatic heterocycles. The predicted molar refractivity (Wildman–Crippen MR) is 70.8 cm³/mol. The van der Waals surface area contributed by atoms with Crippen LogP contribution in [-0.4, -0.2) is 44.1 Å². The summed E-state index contributed by atoms with van der Waals surface area (Å²) in [5.74, 6) is 0.320. The lowest BCUT2D eigenvalue weighted by Gasteiger charge is -2.15. The number of nitrogens with two attached hydrogens (primary N) is 1. The minimum atomic E-state index is -0.126. The second kappa shape index (κ2) is 5.27. The molecule has 5 nitrogen and oxygen atoms in total. The molecule has 1 amide bonds. The van der Waals surface area contributed by atoms with Gasteiger partial charge in [-0.15, -0.1) is 0 Å². The first-order valence-electron chi connectivity index (χ1n) is 6.03. The van der Waals surface area contributed by atoms with Gasteiger partial charge in [0.1, 0.15) is 0 Å². The van der Waals surface area contributed by atoms with Crippen LogP contribution in [-0.2, 0) is 0 Å². The number of nitrogens with zero attached hydrogens (tertiary/aromatic N) is 1. The molecule has 18 heavy (non-hydrogen) atoms. The second-order valence-electron chi connectivity index (χ2n) is 4.65. The molecule has 1 aliphatic rings. The van der Waals surface area contributed by atoms with Crippen molar-refractivity contribution in [1.29, 1.82) is 0 Å². The number of anilines is 1. The van der Waals surface area contributed by atoms with Gasteiger partial charge in [-0.05, 0) is 32.1 Å². The lowest BCUT2D eigenvalue weighted by Crippen LogP contribution is -2.36. The average Bonchev–Trinajstić information content (AvgIpc) is 2.74. The fraction of sp³-hybridized carbons (Fsp3) is 0.462. The van der Waals surface area contributed by atoms with Gasteiger partial charge in [-0.25, -0.2) is 0 Å². The molecule has 1 saturated heterocycles. The lowest BCUT2D eigenvalue weighted by atomic mass is 10.1. The van der Waals surface area contributed by atoms with Gasteiger partial charge in [0.05, 0.1) is 18.4 Å². The number of carbonyl (C=O) groups excluding carboxylic acids is 1. The normalized spacial score (nSPS) is 19.8. The largest absolute Gasteiger partial charge is 0.494 e. The standard InChI is InChI=1S/C13H19N3O2/c1-16-7-6-9(8-16)15-13(17)10-4-3-5-11(14)12(10)18-2/h3-5,9H,6-8,14H2,1-2H3,(H,15,17). The minimum absolute atomic E-state index is 0.126. The van der Waals surface area contributed by atoms with Crippen LogP contribution in [0.25, 0.3) is 0 Å². The highest BCUT2D eigenvalue weighted by Crippen LogP contribution is 2.25. The number of hydrogen-bond acceptors (Lipinski definition) is 4. The number of likely N-dealkylation sites (tertiary alicyclic amines) is 1. The summed E-state index contributed by atoms with van der Waals surface area (Å²) < 4.78 is 5.19. The monoisotopic (exact) mass is 249 g/mol. The molecule has 1 unspecified atom stereocenters. The molecule has 98 valence electrons. The molecule has 2 rings (SSSR count). The van der Waals surface area contributed by atoms with E-state index in [9.17, 15) is 4.79 Å². The van der Waals surface area contributed by atoms with Crippen molar-refractivity contribution in [1.82, 2.24) is 10.2 Å². The van der Waals surface area contributed by atoms with Gasteiger partial charge < -0.3 is 20.7 Å². The van der Waals surface area contributed by atoms with E-state index in [0.29, 0.717) is 17.0 Å². The maximum absolute atomic E-state index is 12.2. The van der Waals surface area contributed by atoms with Crippen molar-refractivity contribution in [2.75, 3.05) is 33.0 Å². The third-order valence-electron chi connectivity index (χ3n) is 3.22. The van der Waals surface area contributed by atoms with Crippen LogP contribution in [0.15, 0.2) is 18.2 Å². The molecule has 0 aromatic heterocycles. The maximum atomic E-state index is 12.2. The molecule has 0 radical (unpaired) electrons. The highest BCUT2D eigenvalue weighted by atomic mass is 16.5. The first-order chi connectivity index (χ1) is 8.61. The number of ether oxygens (including phenoxy) is 1. The van der Waals surface area contributed by atoms with Crippen LogP contribution >= 0.6 is 0 Å². The molecule has 1 atom stereocenters. The number of rotatable bonds is 3. The van der Waals surface area contributed by atoms with Gasteiger partial charge in [-0.1, -0.05) is 6.07 Å². The summed E-state index contributed by atoms with van der Waals surface area (Å²) in [6, 6.07) is 5.41. The molecule has 0 aliphatic carbocycles. The van der Waals surface area contributed by atoms with Crippen LogP contribution in [0.5, 0.6) is 5.75 Å².